The van der Waals surface area contributed by atoms with Gasteiger partial charge in [0.15, 0.2) is 0 Å². The molecule has 0 radical (unpaired) electrons. The molecular weight excluding hydrogens is 335 g/mol. The van der Waals surface area contributed by atoms with Gasteiger partial charge in [-0.1, -0.05) is 0 Å². The highest BCUT2D eigenvalue weighted by atomic mass is 35.5. The van der Waals surface area contributed by atoms with Crippen LogP contribution in [0.1, 0.15) is 24.2 Å². The number of ether oxygens (including phenoxy) is 1. The van der Waals surface area contributed by atoms with Gasteiger partial charge < -0.3 is 20.2 Å². The first-order chi connectivity index (χ1) is 11.1. The highest BCUT2D eigenvalue weighted by Crippen LogP contribution is 2.26. The SMILES string of the molecule is Cc1c(CNC(=O)C(N)C2CCOCC2)oc2ccc(F)cc12.Cl. The summed E-state index contributed by atoms with van der Waals surface area (Å²) in [6, 6.07) is 3.85. The van der Waals surface area contributed by atoms with Gasteiger partial charge >= 0.3 is 0 Å². The van der Waals surface area contributed by atoms with Crippen molar-refractivity contribution in [1.29, 1.82) is 0 Å². The first kappa shape index (κ1) is 18.7. The first-order valence-electron chi connectivity index (χ1n) is 7.85. The molecule has 7 heteroatoms. The molecule has 1 aromatic carbocycles. The van der Waals surface area contributed by atoms with Crippen LogP contribution in [0.5, 0.6) is 0 Å². The molecule has 1 aromatic heterocycles. The molecule has 24 heavy (non-hydrogen) atoms. The Morgan fingerprint density at radius 3 is 2.83 bits per heavy atom. The largest absolute Gasteiger partial charge is 0.459 e. The molecule has 5 nitrogen and oxygen atoms in total. The molecule has 3 N–H and O–H groups in total. The maximum Gasteiger partial charge on any atom is 0.237 e. The second-order valence-electron chi connectivity index (χ2n) is 5.98. The lowest BCUT2D eigenvalue weighted by atomic mass is 9.92. The van der Waals surface area contributed by atoms with E-state index in [0.29, 0.717) is 24.6 Å². The predicted molar refractivity (Wildman–Crippen MR) is 91.5 cm³/mol. The van der Waals surface area contributed by atoms with Crippen LogP contribution in [0.3, 0.4) is 0 Å². The minimum Gasteiger partial charge on any atom is -0.459 e. The summed E-state index contributed by atoms with van der Waals surface area (Å²) in [6.07, 6.45) is 1.61. The smallest absolute Gasteiger partial charge is 0.237 e. The predicted octanol–water partition coefficient (Wildman–Crippen LogP) is 2.67. The molecule has 1 fully saturated rings. The Labute approximate surface area is 146 Å². The molecule has 0 bridgehead atoms. The number of nitrogens with one attached hydrogen (secondary N) is 1. The van der Waals surface area contributed by atoms with E-state index < -0.39 is 6.04 Å². The lowest BCUT2D eigenvalue weighted by Crippen LogP contribution is -2.46. The van der Waals surface area contributed by atoms with Crippen LogP contribution in [-0.4, -0.2) is 25.2 Å². The summed E-state index contributed by atoms with van der Waals surface area (Å²) in [5.74, 6) is 0.272. The zero-order valence-electron chi connectivity index (χ0n) is 13.5. The molecule has 1 saturated heterocycles. The summed E-state index contributed by atoms with van der Waals surface area (Å²) < 4.78 is 24.3. The van der Waals surface area contributed by atoms with E-state index in [1.807, 2.05) is 6.92 Å². The van der Waals surface area contributed by atoms with E-state index >= 15 is 0 Å². The van der Waals surface area contributed by atoms with Gasteiger partial charge in [-0.2, -0.15) is 0 Å². The van der Waals surface area contributed by atoms with Crippen molar-refractivity contribution in [3.63, 3.8) is 0 Å². The summed E-state index contributed by atoms with van der Waals surface area (Å²) >= 11 is 0. The highest BCUT2D eigenvalue weighted by Gasteiger charge is 2.26. The molecular formula is C17H22ClFN2O3. The van der Waals surface area contributed by atoms with Gasteiger partial charge in [0.05, 0.1) is 12.6 Å². The Morgan fingerprint density at radius 2 is 2.12 bits per heavy atom. The number of carbonyl (C=O) groups excluding carboxylic acids is 1. The van der Waals surface area contributed by atoms with E-state index in [0.717, 1.165) is 23.8 Å². The van der Waals surface area contributed by atoms with Crippen molar-refractivity contribution in [1.82, 2.24) is 5.32 Å². The van der Waals surface area contributed by atoms with Crippen LogP contribution in [0.4, 0.5) is 4.39 Å². The molecule has 0 spiro atoms. The van der Waals surface area contributed by atoms with Crippen molar-refractivity contribution >= 4 is 29.3 Å². The van der Waals surface area contributed by atoms with E-state index in [2.05, 4.69) is 5.32 Å². The average Bonchev–Trinajstić information content (AvgIpc) is 2.88. The molecule has 3 rings (SSSR count). The van der Waals surface area contributed by atoms with Crippen LogP contribution in [-0.2, 0) is 16.1 Å². The van der Waals surface area contributed by atoms with Crippen molar-refractivity contribution in [2.75, 3.05) is 13.2 Å². The Hall–Kier alpha value is -1.63. The van der Waals surface area contributed by atoms with Crippen LogP contribution in [0.25, 0.3) is 11.0 Å². The number of furan rings is 1. The number of nitrogens with two attached hydrogens (primary N) is 1. The zero-order chi connectivity index (χ0) is 16.4. The first-order valence-corrected chi connectivity index (χ1v) is 7.85. The fourth-order valence-corrected chi connectivity index (χ4v) is 2.99. The Morgan fingerprint density at radius 1 is 1.42 bits per heavy atom. The third-order valence-corrected chi connectivity index (χ3v) is 4.50. The third-order valence-electron chi connectivity index (χ3n) is 4.50. The molecule has 132 valence electrons. The molecule has 1 aliphatic rings. The van der Waals surface area contributed by atoms with Gasteiger partial charge in [-0.25, -0.2) is 4.39 Å². The molecule has 1 unspecified atom stereocenters. The van der Waals surface area contributed by atoms with E-state index in [1.54, 1.807) is 6.07 Å². The van der Waals surface area contributed by atoms with Crippen molar-refractivity contribution in [2.45, 2.75) is 32.4 Å². The molecule has 1 amide bonds. The number of benzene rings is 1. The van der Waals surface area contributed by atoms with Crippen LogP contribution >= 0.6 is 12.4 Å². The molecule has 2 heterocycles. The highest BCUT2D eigenvalue weighted by molar-refractivity contribution is 5.85. The summed E-state index contributed by atoms with van der Waals surface area (Å²) in [6.45, 7) is 3.41. The number of aryl methyl sites for hydroxylation is 1. The van der Waals surface area contributed by atoms with E-state index in [4.69, 9.17) is 14.9 Å². The van der Waals surface area contributed by atoms with Gasteiger partial charge in [-0.3, -0.25) is 4.79 Å². The van der Waals surface area contributed by atoms with Crippen molar-refractivity contribution in [2.24, 2.45) is 11.7 Å². The molecule has 0 aliphatic carbocycles. The van der Waals surface area contributed by atoms with Crippen molar-refractivity contribution in [3.8, 4) is 0 Å². The van der Waals surface area contributed by atoms with Gasteiger partial charge in [-0.05, 0) is 43.9 Å². The lowest BCUT2D eigenvalue weighted by molar-refractivity contribution is -0.124. The summed E-state index contributed by atoms with van der Waals surface area (Å²) in [5.41, 5.74) is 7.49. The third kappa shape index (κ3) is 3.88. The number of amides is 1. The second kappa shape index (κ2) is 7.96. The lowest BCUT2D eigenvalue weighted by Gasteiger charge is -2.26. The van der Waals surface area contributed by atoms with Crippen LogP contribution in [0.2, 0.25) is 0 Å². The Kier molecular flexibility index (Phi) is 6.21. The van der Waals surface area contributed by atoms with Gasteiger partial charge in [0.2, 0.25) is 5.91 Å². The molecule has 0 saturated carbocycles. The molecule has 2 aromatic rings. The maximum atomic E-state index is 13.3. The molecule has 1 aliphatic heterocycles. The quantitative estimate of drug-likeness (QED) is 0.883. The van der Waals surface area contributed by atoms with Crippen LogP contribution in [0.15, 0.2) is 22.6 Å². The normalized spacial score (nSPS) is 16.6. The van der Waals surface area contributed by atoms with Crippen molar-refractivity contribution in [3.05, 3.63) is 35.3 Å². The minimum atomic E-state index is -0.541. The van der Waals surface area contributed by atoms with Crippen molar-refractivity contribution < 1.29 is 18.3 Å². The summed E-state index contributed by atoms with van der Waals surface area (Å²) in [4.78, 5) is 12.2. The van der Waals surface area contributed by atoms with Crippen LogP contribution in [0, 0.1) is 18.7 Å². The summed E-state index contributed by atoms with van der Waals surface area (Å²) in [7, 11) is 0. The van der Waals surface area contributed by atoms with Crippen LogP contribution < -0.4 is 11.1 Å². The van der Waals surface area contributed by atoms with E-state index in [1.165, 1.54) is 12.1 Å². The average molecular weight is 357 g/mol. The number of hydrogen-bond acceptors (Lipinski definition) is 4. The second-order valence-corrected chi connectivity index (χ2v) is 5.98. The zero-order valence-corrected chi connectivity index (χ0v) is 14.3. The molecule has 1 atom stereocenters. The fraction of sp³-hybridized carbons (Fsp3) is 0.471. The number of halogens is 2. The van der Waals surface area contributed by atoms with Gasteiger partial charge in [-0.15, -0.1) is 12.4 Å². The fourth-order valence-electron chi connectivity index (χ4n) is 2.99. The van der Waals surface area contributed by atoms with Gasteiger partial charge in [0.25, 0.3) is 0 Å². The monoisotopic (exact) mass is 356 g/mol. The Bertz CT molecular complexity index is 713. The standard InChI is InChI=1S/C17H21FN2O3.ClH/c1-10-13-8-12(18)2-3-14(13)23-15(10)9-20-17(21)16(19)11-4-6-22-7-5-11;/h2-3,8,11,16H,4-7,9,19H2,1H3,(H,20,21);1H. The van der Waals surface area contributed by atoms with Gasteiger partial charge in [0, 0.05) is 24.2 Å². The number of hydrogen-bond donors (Lipinski definition) is 2. The Balaban J connectivity index is 0.00000208. The van der Waals surface area contributed by atoms with Gasteiger partial charge in [0.1, 0.15) is 17.2 Å². The topological polar surface area (TPSA) is 77.5 Å². The maximum absolute atomic E-state index is 13.3. The number of fused-ring (bicyclic) bond motifs is 1. The van der Waals surface area contributed by atoms with E-state index in [9.17, 15) is 9.18 Å². The minimum absolute atomic E-state index is 0. The van der Waals surface area contributed by atoms with E-state index in [-0.39, 0.29) is 36.6 Å². The number of rotatable bonds is 4. The number of carbonyl (C=O) groups is 1. The summed E-state index contributed by atoms with van der Waals surface area (Å²) in [5, 5.41) is 3.55.